The van der Waals surface area contributed by atoms with Gasteiger partial charge in [0.05, 0.1) is 5.41 Å². The van der Waals surface area contributed by atoms with Crippen LogP contribution in [0.25, 0.3) is 0 Å². The number of piperidine rings is 1. The van der Waals surface area contributed by atoms with Crippen molar-refractivity contribution in [3.05, 3.63) is 0 Å². The zero-order valence-electron chi connectivity index (χ0n) is 18.0. The molecule has 156 valence electrons. The van der Waals surface area contributed by atoms with Crippen molar-refractivity contribution in [1.29, 1.82) is 0 Å². The molecule has 0 aromatic carbocycles. The lowest BCUT2D eigenvalue weighted by molar-refractivity contribution is -0.128. The summed E-state index contributed by atoms with van der Waals surface area (Å²) in [6.07, 6.45) is 10.6. The zero-order valence-corrected chi connectivity index (χ0v) is 18.0. The van der Waals surface area contributed by atoms with E-state index in [9.17, 15) is 4.79 Å². The molecule has 0 unspecified atom stereocenters. The van der Waals surface area contributed by atoms with Gasteiger partial charge in [0.1, 0.15) is 0 Å². The fourth-order valence-electron chi connectivity index (χ4n) is 4.44. The van der Waals surface area contributed by atoms with E-state index in [0.717, 1.165) is 12.5 Å². The van der Waals surface area contributed by atoms with Crippen molar-refractivity contribution in [3.63, 3.8) is 0 Å². The molecule has 2 fully saturated rings. The standard InChI is InChI=1S/C21H41N5O/c1-5-23-18(27)20(2,3)16-24-19(22-4)25-17-21(12-8-6-9-13-21)26-14-10-7-11-15-26/h5-17H2,1-4H3,(H,23,27)(H2,22,24,25). The maximum atomic E-state index is 12.2. The number of likely N-dealkylation sites (tertiary alicyclic amines) is 1. The van der Waals surface area contributed by atoms with Crippen LogP contribution in [0.2, 0.25) is 0 Å². The molecule has 1 aliphatic heterocycles. The van der Waals surface area contributed by atoms with Crippen LogP contribution in [0.15, 0.2) is 4.99 Å². The number of aliphatic imine (C=N–C) groups is 1. The molecule has 0 aromatic rings. The van der Waals surface area contributed by atoms with Gasteiger partial charge in [-0.2, -0.15) is 0 Å². The average molecular weight is 380 g/mol. The van der Waals surface area contributed by atoms with Crippen LogP contribution in [0, 0.1) is 5.41 Å². The van der Waals surface area contributed by atoms with Gasteiger partial charge in [-0.15, -0.1) is 0 Å². The highest BCUT2D eigenvalue weighted by molar-refractivity contribution is 5.84. The maximum absolute atomic E-state index is 12.2. The molecule has 0 aromatic heterocycles. The van der Waals surface area contributed by atoms with Gasteiger partial charge in [-0.3, -0.25) is 14.7 Å². The molecule has 1 amide bonds. The molecule has 6 heteroatoms. The Labute approximate surface area is 165 Å². The summed E-state index contributed by atoms with van der Waals surface area (Å²) in [5.41, 5.74) is -0.200. The Morgan fingerprint density at radius 2 is 1.63 bits per heavy atom. The van der Waals surface area contributed by atoms with Crippen molar-refractivity contribution in [1.82, 2.24) is 20.9 Å². The predicted octanol–water partition coefficient (Wildman–Crippen LogP) is 2.50. The van der Waals surface area contributed by atoms with Gasteiger partial charge >= 0.3 is 0 Å². The number of guanidine groups is 1. The van der Waals surface area contributed by atoms with E-state index in [0.29, 0.717) is 13.1 Å². The summed E-state index contributed by atoms with van der Waals surface area (Å²) in [6.45, 7) is 10.5. The number of carbonyl (C=O) groups excluding carboxylic acids is 1. The van der Waals surface area contributed by atoms with Gasteiger partial charge in [0.25, 0.3) is 0 Å². The van der Waals surface area contributed by atoms with E-state index in [1.807, 2.05) is 27.8 Å². The van der Waals surface area contributed by atoms with Crippen LogP contribution in [0.5, 0.6) is 0 Å². The molecule has 27 heavy (non-hydrogen) atoms. The average Bonchev–Trinajstić information content (AvgIpc) is 2.69. The van der Waals surface area contributed by atoms with E-state index in [2.05, 4.69) is 25.8 Å². The van der Waals surface area contributed by atoms with Crippen molar-refractivity contribution in [2.45, 2.75) is 77.7 Å². The van der Waals surface area contributed by atoms with Gasteiger partial charge in [-0.1, -0.05) is 25.7 Å². The smallest absolute Gasteiger partial charge is 0.227 e. The van der Waals surface area contributed by atoms with Crippen molar-refractivity contribution in [2.24, 2.45) is 10.4 Å². The minimum absolute atomic E-state index is 0.0741. The van der Waals surface area contributed by atoms with Crippen LogP contribution < -0.4 is 16.0 Å². The molecule has 1 saturated carbocycles. The first-order valence-corrected chi connectivity index (χ1v) is 10.9. The Morgan fingerprint density at radius 1 is 1.00 bits per heavy atom. The van der Waals surface area contributed by atoms with E-state index in [1.165, 1.54) is 64.5 Å². The minimum Gasteiger partial charge on any atom is -0.356 e. The Hall–Kier alpha value is -1.30. The lowest BCUT2D eigenvalue weighted by Gasteiger charge is -2.48. The van der Waals surface area contributed by atoms with Gasteiger partial charge in [0, 0.05) is 32.2 Å². The van der Waals surface area contributed by atoms with Crippen molar-refractivity contribution in [2.75, 3.05) is 39.8 Å². The molecule has 6 nitrogen and oxygen atoms in total. The number of nitrogens with one attached hydrogen (secondary N) is 3. The zero-order chi connectivity index (χ0) is 19.8. The van der Waals surface area contributed by atoms with Crippen LogP contribution >= 0.6 is 0 Å². The SMILES string of the molecule is CCNC(=O)C(C)(C)CNC(=NC)NCC1(N2CCCCC2)CCCCC1. The lowest BCUT2D eigenvalue weighted by Crippen LogP contribution is -2.59. The maximum Gasteiger partial charge on any atom is 0.227 e. The Kier molecular flexibility index (Phi) is 8.39. The minimum atomic E-state index is -0.469. The Bertz CT molecular complexity index is 491. The van der Waals surface area contributed by atoms with Gasteiger partial charge in [-0.05, 0) is 59.5 Å². The lowest BCUT2D eigenvalue weighted by atomic mass is 9.79. The molecule has 0 radical (unpaired) electrons. The summed E-state index contributed by atoms with van der Waals surface area (Å²) in [4.78, 5) is 19.4. The summed E-state index contributed by atoms with van der Waals surface area (Å²) in [7, 11) is 1.81. The molecule has 0 bridgehead atoms. The van der Waals surface area contributed by atoms with Crippen LogP contribution in [-0.2, 0) is 4.79 Å². The number of carbonyl (C=O) groups is 1. The highest BCUT2D eigenvalue weighted by Gasteiger charge is 2.38. The third kappa shape index (κ3) is 6.09. The van der Waals surface area contributed by atoms with Crippen LogP contribution in [0.4, 0.5) is 0 Å². The largest absolute Gasteiger partial charge is 0.356 e. The molecule has 1 heterocycles. The highest BCUT2D eigenvalue weighted by Crippen LogP contribution is 2.35. The van der Waals surface area contributed by atoms with E-state index in [-0.39, 0.29) is 11.4 Å². The quantitative estimate of drug-likeness (QED) is 0.470. The fraction of sp³-hybridized carbons (Fsp3) is 0.905. The Morgan fingerprint density at radius 3 is 2.22 bits per heavy atom. The Balaban J connectivity index is 1.93. The van der Waals surface area contributed by atoms with Gasteiger partial charge in [0.15, 0.2) is 5.96 Å². The molecule has 2 rings (SSSR count). The molecular weight excluding hydrogens is 338 g/mol. The molecule has 1 saturated heterocycles. The second-order valence-electron chi connectivity index (χ2n) is 8.86. The second-order valence-corrected chi connectivity index (χ2v) is 8.86. The number of hydrogen-bond donors (Lipinski definition) is 3. The third-order valence-electron chi connectivity index (χ3n) is 6.27. The van der Waals surface area contributed by atoms with Crippen LogP contribution in [-0.4, -0.2) is 62.1 Å². The van der Waals surface area contributed by atoms with Gasteiger partial charge in [0.2, 0.25) is 5.91 Å². The van der Waals surface area contributed by atoms with E-state index >= 15 is 0 Å². The molecule has 0 atom stereocenters. The van der Waals surface area contributed by atoms with Crippen molar-refractivity contribution < 1.29 is 4.79 Å². The van der Waals surface area contributed by atoms with Crippen LogP contribution in [0.3, 0.4) is 0 Å². The highest BCUT2D eigenvalue weighted by atomic mass is 16.2. The number of amides is 1. The summed E-state index contributed by atoms with van der Waals surface area (Å²) in [5, 5.41) is 9.87. The van der Waals surface area contributed by atoms with Gasteiger partial charge in [-0.25, -0.2) is 0 Å². The molecule has 2 aliphatic rings. The van der Waals surface area contributed by atoms with Crippen LogP contribution in [0.1, 0.15) is 72.1 Å². The number of rotatable bonds is 7. The van der Waals surface area contributed by atoms with Gasteiger partial charge < -0.3 is 16.0 Å². The van der Waals surface area contributed by atoms with E-state index in [4.69, 9.17) is 0 Å². The van der Waals surface area contributed by atoms with Crippen molar-refractivity contribution in [3.8, 4) is 0 Å². The second kappa shape index (κ2) is 10.3. The molecule has 0 spiro atoms. The first-order chi connectivity index (χ1) is 12.9. The summed E-state index contributed by atoms with van der Waals surface area (Å²) in [5.74, 6) is 0.874. The van der Waals surface area contributed by atoms with Crippen molar-refractivity contribution >= 4 is 11.9 Å². The van der Waals surface area contributed by atoms with E-state index in [1.54, 1.807) is 0 Å². The summed E-state index contributed by atoms with van der Waals surface area (Å²) in [6, 6.07) is 0. The monoisotopic (exact) mass is 379 g/mol. The van der Waals surface area contributed by atoms with E-state index < -0.39 is 5.41 Å². The fourth-order valence-corrected chi connectivity index (χ4v) is 4.44. The number of nitrogens with zero attached hydrogens (tertiary/aromatic N) is 2. The summed E-state index contributed by atoms with van der Waals surface area (Å²) >= 11 is 0. The summed E-state index contributed by atoms with van der Waals surface area (Å²) < 4.78 is 0. The molecule has 1 aliphatic carbocycles. The first-order valence-electron chi connectivity index (χ1n) is 10.9. The third-order valence-corrected chi connectivity index (χ3v) is 6.27. The molecule has 3 N–H and O–H groups in total. The normalized spacial score (nSPS) is 21.6. The first kappa shape index (κ1) is 22.0. The topological polar surface area (TPSA) is 68.8 Å². The predicted molar refractivity (Wildman–Crippen MR) is 113 cm³/mol. The number of hydrogen-bond acceptors (Lipinski definition) is 3. The molecular formula is C21H41N5O.